The van der Waals surface area contributed by atoms with E-state index in [2.05, 4.69) is 10.6 Å². The molecule has 2 aliphatic rings. The maximum atomic E-state index is 13.4. The number of hydrogen-bond acceptors (Lipinski definition) is 5. The Morgan fingerprint density at radius 2 is 1.95 bits per heavy atom. The van der Waals surface area contributed by atoms with Gasteiger partial charge < -0.3 is 14.6 Å². The van der Waals surface area contributed by atoms with Crippen molar-refractivity contribution >= 4 is 46.4 Å². The number of fused-ring (bicyclic) bond motifs is 1. The maximum absolute atomic E-state index is 13.4. The van der Waals surface area contributed by atoms with Crippen molar-refractivity contribution in [3.8, 4) is 0 Å². The largest absolute Gasteiger partial charge is 0.376 e. The monoisotopic (exact) mass is 500 g/mol. The molecule has 0 unspecified atom stereocenters. The minimum absolute atomic E-state index is 0.0455. The van der Waals surface area contributed by atoms with Gasteiger partial charge in [0, 0.05) is 35.8 Å². The Kier molecular flexibility index (Phi) is 6.62. The van der Waals surface area contributed by atoms with Crippen LogP contribution < -0.4 is 15.5 Å². The van der Waals surface area contributed by atoms with Gasteiger partial charge in [-0.25, -0.2) is 9.69 Å². The fraction of sp³-hybridized carbons (Fsp3) is 0.286. The van der Waals surface area contributed by atoms with Crippen molar-refractivity contribution < 1.29 is 23.9 Å². The van der Waals surface area contributed by atoms with Crippen LogP contribution in [0.25, 0.3) is 17.0 Å². The van der Waals surface area contributed by atoms with Crippen LogP contribution in [-0.4, -0.2) is 47.6 Å². The molecule has 3 heterocycles. The molecule has 2 saturated heterocycles. The first-order valence-electron chi connectivity index (χ1n) is 12.3. The fourth-order valence-electron chi connectivity index (χ4n) is 4.77. The van der Waals surface area contributed by atoms with E-state index in [0.29, 0.717) is 17.8 Å². The van der Waals surface area contributed by atoms with Gasteiger partial charge in [-0.05, 0) is 56.0 Å². The number of rotatable bonds is 6. The summed E-state index contributed by atoms with van der Waals surface area (Å²) in [4.78, 5) is 52.5. The zero-order valence-corrected chi connectivity index (χ0v) is 20.7. The number of anilines is 1. The number of nitrogens with zero attached hydrogens (tertiary/aromatic N) is 2. The second kappa shape index (κ2) is 10.0. The first-order chi connectivity index (χ1) is 17.8. The van der Waals surface area contributed by atoms with E-state index in [4.69, 9.17) is 4.74 Å². The van der Waals surface area contributed by atoms with Gasteiger partial charge in [-0.2, -0.15) is 0 Å². The first-order valence-corrected chi connectivity index (χ1v) is 12.3. The summed E-state index contributed by atoms with van der Waals surface area (Å²) in [6.07, 6.45) is 5.19. The van der Waals surface area contributed by atoms with Crippen LogP contribution in [0.2, 0.25) is 0 Å². The smallest absolute Gasteiger partial charge is 0.335 e. The summed E-state index contributed by atoms with van der Waals surface area (Å²) in [5.74, 6) is -1.62. The molecular weight excluding hydrogens is 472 g/mol. The van der Waals surface area contributed by atoms with E-state index in [1.54, 1.807) is 22.9 Å². The Hall–Kier alpha value is -4.24. The lowest BCUT2D eigenvalue weighted by molar-refractivity contribution is -0.123. The molecule has 190 valence electrons. The number of urea groups is 1. The maximum Gasteiger partial charge on any atom is 0.335 e. The van der Waals surface area contributed by atoms with Gasteiger partial charge in [0.25, 0.3) is 11.8 Å². The van der Waals surface area contributed by atoms with E-state index in [0.717, 1.165) is 46.4 Å². The molecule has 0 aliphatic carbocycles. The minimum atomic E-state index is -0.786. The van der Waals surface area contributed by atoms with Crippen molar-refractivity contribution in [3.63, 3.8) is 0 Å². The molecule has 5 rings (SSSR count). The Labute approximate surface area is 214 Å². The van der Waals surface area contributed by atoms with Crippen LogP contribution in [-0.2, 0) is 25.7 Å². The summed E-state index contributed by atoms with van der Waals surface area (Å²) in [5.41, 5.74) is 3.33. The molecule has 0 saturated carbocycles. The average Bonchev–Trinajstić information content (AvgIpc) is 3.51. The topological polar surface area (TPSA) is 110 Å². The SMILES string of the molecule is Cc1cccc(N2C(=O)NC(=O)/C(=C\c3cn(CC(=O)NC[C@@H]4CCCO4)c4ccccc34)C2=O)c1C. The van der Waals surface area contributed by atoms with E-state index in [9.17, 15) is 19.2 Å². The van der Waals surface area contributed by atoms with Crippen LogP contribution in [0.4, 0.5) is 10.5 Å². The normalized spacial score (nSPS) is 19.1. The van der Waals surface area contributed by atoms with Crippen LogP contribution >= 0.6 is 0 Å². The zero-order valence-electron chi connectivity index (χ0n) is 20.7. The van der Waals surface area contributed by atoms with E-state index >= 15 is 0 Å². The third kappa shape index (κ3) is 4.77. The quantitative estimate of drug-likeness (QED) is 0.399. The summed E-state index contributed by atoms with van der Waals surface area (Å²) in [7, 11) is 0. The molecule has 2 aliphatic heterocycles. The molecule has 9 nitrogen and oxygen atoms in total. The third-order valence-corrected chi connectivity index (χ3v) is 6.90. The van der Waals surface area contributed by atoms with E-state index < -0.39 is 17.8 Å². The summed E-state index contributed by atoms with van der Waals surface area (Å²) >= 11 is 0. The number of nitrogens with one attached hydrogen (secondary N) is 2. The van der Waals surface area contributed by atoms with Crippen LogP contribution in [0.15, 0.2) is 54.2 Å². The zero-order chi connectivity index (χ0) is 26.1. The molecule has 5 amide bonds. The van der Waals surface area contributed by atoms with Gasteiger partial charge in [0.05, 0.1) is 11.8 Å². The number of aryl methyl sites for hydroxylation is 1. The number of para-hydroxylation sites is 1. The van der Waals surface area contributed by atoms with Gasteiger partial charge >= 0.3 is 6.03 Å². The van der Waals surface area contributed by atoms with Gasteiger partial charge in [-0.1, -0.05) is 30.3 Å². The van der Waals surface area contributed by atoms with Crippen molar-refractivity contribution in [2.45, 2.75) is 39.3 Å². The number of imide groups is 2. The molecule has 1 atom stereocenters. The standard InChI is InChI=1S/C28H28N4O5/c1-17-7-5-11-23(18(17)2)32-27(35)22(26(34)30-28(32)36)13-19-15-31(24-10-4-3-9-21(19)24)16-25(33)29-14-20-8-6-12-37-20/h3-5,7,9-11,13,15,20H,6,8,12,14,16H2,1-2H3,(H,29,33)(H,30,34,36)/b22-13+/t20-/m0/s1. The van der Waals surface area contributed by atoms with E-state index in [1.165, 1.54) is 6.08 Å². The second-order valence-electron chi connectivity index (χ2n) is 9.35. The summed E-state index contributed by atoms with van der Waals surface area (Å²) in [6.45, 7) is 4.97. The Bertz CT molecular complexity index is 1450. The van der Waals surface area contributed by atoms with Crippen molar-refractivity contribution in [1.82, 2.24) is 15.2 Å². The molecule has 2 N–H and O–H groups in total. The van der Waals surface area contributed by atoms with Gasteiger partial charge in [0.2, 0.25) is 5.91 Å². The number of amides is 5. The number of ether oxygens (including phenoxy) is 1. The van der Waals surface area contributed by atoms with Gasteiger partial charge in [0.1, 0.15) is 12.1 Å². The average molecular weight is 501 g/mol. The summed E-state index contributed by atoms with van der Waals surface area (Å²) < 4.78 is 7.35. The summed E-state index contributed by atoms with van der Waals surface area (Å²) in [5, 5.41) is 5.98. The number of carbonyl (C=O) groups is 4. The molecular formula is C28H28N4O5. The van der Waals surface area contributed by atoms with E-state index in [-0.39, 0.29) is 24.1 Å². The number of carbonyl (C=O) groups excluding carboxylic acids is 4. The number of benzene rings is 2. The fourth-order valence-corrected chi connectivity index (χ4v) is 4.77. The predicted octanol–water partition coefficient (Wildman–Crippen LogP) is 3.22. The van der Waals surface area contributed by atoms with Crippen LogP contribution in [0.3, 0.4) is 0 Å². The molecule has 1 aromatic heterocycles. The lowest BCUT2D eigenvalue weighted by Gasteiger charge is -2.28. The van der Waals surface area contributed by atoms with Gasteiger partial charge in [0.15, 0.2) is 0 Å². The third-order valence-electron chi connectivity index (χ3n) is 6.90. The van der Waals surface area contributed by atoms with Crippen molar-refractivity contribution in [1.29, 1.82) is 0 Å². The Morgan fingerprint density at radius 3 is 2.73 bits per heavy atom. The van der Waals surface area contributed by atoms with Crippen LogP contribution in [0.5, 0.6) is 0 Å². The van der Waals surface area contributed by atoms with Crippen LogP contribution in [0, 0.1) is 13.8 Å². The lowest BCUT2D eigenvalue weighted by atomic mass is 10.0. The Morgan fingerprint density at radius 1 is 1.14 bits per heavy atom. The number of hydrogen-bond donors (Lipinski definition) is 2. The lowest BCUT2D eigenvalue weighted by Crippen LogP contribution is -2.54. The number of aromatic nitrogens is 1. The predicted molar refractivity (Wildman–Crippen MR) is 139 cm³/mol. The Balaban J connectivity index is 1.46. The van der Waals surface area contributed by atoms with Crippen molar-refractivity contribution in [3.05, 3.63) is 70.9 Å². The molecule has 2 fully saturated rings. The van der Waals surface area contributed by atoms with Gasteiger partial charge in [-0.15, -0.1) is 0 Å². The molecule has 3 aromatic rings. The molecule has 0 radical (unpaired) electrons. The highest BCUT2D eigenvalue weighted by atomic mass is 16.5. The van der Waals surface area contributed by atoms with Gasteiger partial charge in [-0.3, -0.25) is 19.7 Å². The molecule has 2 aromatic carbocycles. The summed E-state index contributed by atoms with van der Waals surface area (Å²) in [6, 6.07) is 12.0. The highest BCUT2D eigenvalue weighted by Gasteiger charge is 2.37. The minimum Gasteiger partial charge on any atom is -0.376 e. The molecule has 0 bridgehead atoms. The van der Waals surface area contributed by atoms with Crippen molar-refractivity contribution in [2.24, 2.45) is 0 Å². The molecule has 37 heavy (non-hydrogen) atoms. The highest BCUT2D eigenvalue weighted by Crippen LogP contribution is 2.29. The number of barbiturate groups is 1. The van der Waals surface area contributed by atoms with Crippen molar-refractivity contribution in [2.75, 3.05) is 18.1 Å². The van der Waals surface area contributed by atoms with Crippen LogP contribution in [0.1, 0.15) is 29.5 Å². The second-order valence-corrected chi connectivity index (χ2v) is 9.35. The molecule has 9 heteroatoms. The highest BCUT2D eigenvalue weighted by molar-refractivity contribution is 6.39. The molecule has 0 spiro atoms. The van der Waals surface area contributed by atoms with E-state index in [1.807, 2.05) is 44.2 Å². The first kappa shape index (κ1) is 24.5.